The topological polar surface area (TPSA) is 47.2 Å². The van der Waals surface area contributed by atoms with Crippen molar-refractivity contribution in [3.63, 3.8) is 0 Å². The molecule has 0 unspecified atom stereocenters. The number of hydrogen-bond donors (Lipinski definition) is 1. The number of carbonyl (C=O) groups excluding carboxylic acids is 1. The summed E-state index contributed by atoms with van der Waals surface area (Å²) in [6.45, 7) is 2.66. The van der Waals surface area contributed by atoms with Crippen LogP contribution >= 0.6 is 15.9 Å². The Morgan fingerprint density at radius 2 is 2.22 bits per heavy atom. The number of carbonyl (C=O) groups is 1. The van der Waals surface area contributed by atoms with Crippen molar-refractivity contribution in [2.24, 2.45) is 0 Å². The van der Waals surface area contributed by atoms with Gasteiger partial charge in [-0.3, -0.25) is 4.79 Å². The number of nitrogens with one attached hydrogen (secondary N) is 1. The van der Waals surface area contributed by atoms with Crippen LogP contribution in [-0.2, 0) is 17.8 Å². The summed E-state index contributed by atoms with van der Waals surface area (Å²) in [6, 6.07) is 12.1. The summed E-state index contributed by atoms with van der Waals surface area (Å²) in [5, 5.41) is 4.19. The zero-order valence-corrected chi connectivity index (χ0v) is 14.5. The zero-order valence-electron chi connectivity index (χ0n) is 13.0. The minimum atomic E-state index is 0.0583. The maximum Gasteiger partial charge on any atom is 0.222 e. The van der Waals surface area contributed by atoms with E-state index < -0.39 is 0 Å². The molecule has 120 valence electrons. The molecule has 3 aromatic rings. The molecule has 2 heterocycles. The van der Waals surface area contributed by atoms with Crippen LogP contribution in [0.3, 0.4) is 0 Å². The molecule has 1 amide bonds. The van der Waals surface area contributed by atoms with Crippen LogP contribution in [0.5, 0.6) is 0 Å². The van der Waals surface area contributed by atoms with Gasteiger partial charge in [0.1, 0.15) is 5.76 Å². The Morgan fingerprint density at radius 1 is 1.35 bits per heavy atom. The van der Waals surface area contributed by atoms with Crippen LogP contribution in [0, 0.1) is 0 Å². The average Bonchev–Trinajstić information content (AvgIpc) is 3.14. The molecule has 0 radical (unpaired) electrons. The molecule has 3 rings (SSSR count). The number of rotatable bonds is 6. The van der Waals surface area contributed by atoms with Crippen molar-refractivity contribution in [2.45, 2.75) is 32.4 Å². The lowest BCUT2D eigenvalue weighted by Crippen LogP contribution is -2.34. The molecule has 0 aliphatic carbocycles. The number of furan rings is 1. The van der Waals surface area contributed by atoms with E-state index in [2.05, 4.69) is 44.0 Å². The molecular formula is C18H19BrN2O2. The zero-order chi connectivity index (χ0) is 16.2. The number of fused-ring (bicyclic) bond motifs is 1. The summed E-state index contributed by atoms with van der Waals surface area (Å²) in [4.78, 5) is 12.1. The summed E-state index contributed by atoms with van der Waals surface area (Å²) >= 11 is 3.47. The lowest BCUT2D eigenvalue weighted by Gasteiger charge is -2.13. The van der Waals surface area contributed by atoms with Gasteiger partial charge in [-0.2, -0.15) is 0 Å². The Kier molecular flexibility index (Phi) is 4.86. The fraction of sp³-hybridized carbons (Fsp3) is 0.278. The van der Waals surface area contributed by atoms with Gasteiger partial charge in [-0.15, -0.1) is 0 Å². The fourth-order valence-corrected chi connectivity index (χ4v) is 3.10. The van der Waals surface area contributed by atoms with Crippen LogP contribution in [0.25, 0.3) is 10.9 Å². The van der Waals surface area contributed by atoms with Crippen LogP contribution < -0.4 is 5.32 Å². The summed E-state index contributed by atoms with van der Waals surface area (Å²) < 4.78 is 8.48. The largest absolute Gasteiger partial charge is 0.469 e. The van der Waals surface area contributed by atoms with Crippen molar-refractivity contribution >= 4 is 32.7 Å². The first-order valence-electron chi connectivity index (χ1n) is 7.68. The second-order valence-electron chi connectivity index (χ2n) is 5.71. The molecule has 4 nitrogen and oxygen atoms in total. The third kappa shape index (κ3) is 4.05. The van der Waals surface area contributed by atoms with E-state index in [1.165, 1.54) is 5.39 Å². The second-order valence-corrected chi connectivity index (χ2v) is 6.63. The van der Waals surface area contributed by atoms with Gasteiger partial charge in [0.15, 0.2) is 0 Å². The predicted octanol–water partition coefficient (Wildman–Crippen LogP) is 4.13. The van der Waals surface area contributed by atoms with Crippen LogP contribution in [0.1, 0.15) is 19.1 Å². The van der Waals surface area contributed by atoms with Crippen LogP contribution in [-0.4, -0.2) is 16.5 Å². The third-order valence-electron chi connectivity index (χ3n) is 3.81. The molecule has 1 N–H and O–H groups in total. The van der Waals surface area contributed by atoms with Crippen molar-refractivity contribution in [3.8, 4) is 0 Å². The molecule has 0 saturated carbocycles. The van der Waals surface area contributed by atoms with E-state index in [0.29, 0.717) is 19.4 Å². The van der Waals surface area contributed by atoms with Gasteiger partial charge in [0.05, 0.1) is 6.26 Å². The van der Waals surface area contributed by atoms with Crippen molar-refractivity contribution in [1.29, 1.82) is 0 Å². The normalized spacial score (nSPS) is 12.4. The first kappa shape index (κ1) is 15.9. The minimum absolute atomic E-state index is 0.0583. The first-order chi connectivity index (χ1) is 11.1. The van der Waals surface area contributed by atoms with Crippen LogP contribution in [0.2, 0.25) is 0 Å². The number of aromatic nitrogens is 1. The molecule has 0 bridgehead atoms. The predicted molar refractivity (Wildman–Crippen MR) is 94.3 cm³/mol. The number of nitrogens with zero attached hydrogens (tertiary/aromatic N) is 1. The van der Waals surface area contributed by atoms with Gasteiger partial charge in [0.2, 0.25) is 5.91 Å². The van der Waals surface area contributed by atoms with Crippen molar-refractivity contribution in [1.82, 2.24) is 9.88 Å². The summed E-state index contributed by atoms with van der Waals surface area (Å²) in [5.41, 5.74) is 1.14. The van der Waals surface area contributed by atoms with E-state index >= 15 is 0 Å². The lowest BCUT2D eigenvalue weighted by atomic mass is 10.2. The molecule has 5 heteroatoms. The molecule has 0 aliphatic heterocycles. The van der Waals surface area contributed by atoms with Crippen LogP contribution in [0.15, 0.2) is 57.7 Å². The van der Waals surface area contributed by atoms with E-state index in [9.17, 15) is 4.79 Å². The lowest BCUT2D eigenvalue weighted by molar-refractivity contribution is -0.121. The molecule has 0 aliphatic rings. The van der Waals surface area contributed by atoms with Gasteiger partial charge < -0.3 is 14.3 Å². The second kappa shape index (κ2) is 7.04. The number of halogens is 1. The van der Waals surface area contributed by atoms with E-state index in [-0.39, 0.29) is 11.9 Å². The Hall–Kier alpha value is -2.01. The summed E-state index contributed by atoms with van der Waals surface area (Å²) in [7, 11) is 0. The molecule has 0 spiro atoms. The summed E-state index contributed by atoms with van der Waals surface area (Å²) in [5.74, 6) is 0.947. The number of benzene rings is 1. The minimum Gasteiger partial charge on any atom is -0.469 e. The standard InChI is InChI=1S/C18H19BrN2O2/c1-13(11-16-3-2-10-23-16)20-18(22)7-9-21-8-6-14-12-15(19)4-5-17(14)21/h2-6,8,10,12-13H,7,9,11H2,1H3,(H,20,22)/t13-/m1/s1. The molecule has 0 saturated heterocycles. The quantitative estimate of drug-likeness (QED) is 0.704. The van der Waals surface area contributed by atoms with E-state index in [4.69, 9.17) is 4.42 Å². The van der Waals surface area contributed by atoms with Gasteiger partial charge >= 0.3 is 0 Å². The fourth-order valence-electron chi connectivity index (χ4n) is 2.72. The maximum absolute atomic E-state index is 12.1. The van der Waals surface area contributed by atoms with E-state index in [1.54, 1.807) is 6.26 Å². The highest BCUT2D eigenvalue weighted by atomic mass is 79.9. The van der Waals surface area contributed by atoms with Gasteiger partial charge in [0, 0.05) is 47.0 Å². The van der Waals surface area contributed by atoms with Gasteiger partial charge in [0.25, 0.3) is 0 Å². The summed E-state index contributed by atoms with van der Waals surface area (Å²) in [6.07, 6.45) is 4.84. The van der Waals surface area contributed by atoms with Gasteiger partial charge in [-0.25, -0.2) is 0 Å². The Morgan fingerprint density at radius 3 is 3.00 bits per heavy atom. The highest BCUT2D eigenvalue weighted by molar-refractivity contribution is 9.10. The first-order valence-corrected chi connectivity index (χ1v) is 8.47. The smallest absolute Gasteiger partial charge is 0.222 e. The molecule has 23 heavy (non-hydrogen) atoms. The average molecular weight is 375 g/mol. The molecule has 1 atom stereocenters. The van der Waals surface area contributed by atoms with E-state index in [1.807, 2.05) is 31.3 Å². The Labute approximate surface area is 143 Å². The van der Waals surface area contributed by atoms with Crippen LogP contribution in [0.4, 0.5) is 0 Å². The molecule has 0 fully saturated rings. The highest BCUT2D eigenvalue weighted by Gasteiger charge is 2.10. The maximum atomic E-state index is 12.1. The van der Waals surface area contributed by atoms with Gasteiger partial charge in [-0.05, 0) is 43.3 Å². The SMILES string of the molecule is C[C@H](Cc1ccco1)NC(=O)CCn1ccc2cc(Br)ccc21. The van der Waals surface area contributed by atoms with Crippen molar-refractivity contribution in [2.75, 3.05) is 0 Å². The molecule has 1 aromatic carbocycles. The molecular weight excluding hydrogens is 356 g/mol. The number of aryl methyl sites for hydroxylation is 1. The monoisotopic (exact) mass is 374 g/mol. The number of hydrogen-bond acceptors (Lipinski definition) is 2. The van der Waals surface area contributed by atoms with E-state index in [0.717, 1.165) is 15.7 Å². The van der Waals surface area contributed by atoms with Gasteiger partial charge in [-0.1, -0.05) is 15.9 Å². The highest BCUT2D eigenvalue weighted by Crippen LogP contribution is 2.21. The van der Waals surface area contributed by atoms with Crippen molar-refractivity contribution in [3.05, 3.63) is 59.1 Å². The van der Waals surface area contributed by atoms with Crippen molar-refractivity contribution < 1.29 is 9.21 Å². The Balaban J connectivity index is 1.53. The Bertz CT molecular complexity index is 793. The number of amides is 1. The third-order valence-corrected chi connectivity index (χ3v) is 4.30. The molecule has 2 aromatic heterocycles.